The Balaban J connectivity index is 2.18. The van der Waals surface area contributed by atoms with Crippen LogP contribution in [0, 0.1) is 0 Å². The van der Waals surface area contributed by atoms with Crippen LogP contribution < -0.4 is 0 Å². The summed E-state index contributed by atoms with van der Waals surface area (Å²) in [6.45, 7) is 5.21. The second-order valence-corrected chi connectivity index (χ2v) is 11.9. The standard InChI is InChI=1S/C12H25F3O3Si2/c1-19-17-8-3-4-10-20(2,18-19)11-5-7-16-9-6-12(13,14)15/h19H,3-11H2,1-2H3. The zero-order chi connectivity index (χ0) is 15.1. The van der Waals surface area contributed by atoms with E-state index < -0.39 is 30.2 Å². The van der Waals surface area contributed by atoms with Gasteiger partial charge in [-0.25, -0.2) is 0 Å². The Morgan fingerprint density at radius 3 is 2.70 bits per heavy atom. The fraction of sp³-hybridized carbons (Fsp3) is 1.00. The van der Waals surface area contributed by atoms with Gasteiger partial charge >= 0.3 is 15.5 Å². The zero-order valence-electron chi connectivity index (χ0n) is 12.3. The molecule has 0 spiro atoms. The van der Waals surface area contributed by atoms with E-state index >= 15 is 0 Å². The third-order valence-corrected chi connectivity index (χ3v) is 10.6. The molecule has 0 aromatic rings. The molecule has 3 nitrogen and oxygen atoms in total. The lowest BCUT2D eigenvalue weighted by atomic mass is 10.4. The minimum atomic E-state index is -4.12. The lowest BCUT2D eigenvalue weighted by Gasteiger charge is -2.33. The highest BCUT2D eigenvalue weighted by Gasteiger charge is 2.32. The molecule has 1 fully saturated rings. The fourth-order valence-electron chi connectivity index (χ4n) is 2.37. The Morgan fingerprint density at radius 1 is 1.25 bits per heavy atom. The second-order valence-electron chi connectivity index (χ2n) is 5.54. The van der Waals surface area contributed by atoms with E-state index in [0.717, 1.165) is 38.0 Å². The van der Waals surface area contributed by atoms with Gasteiger partial charge in [-0.15, -0.1) is 0 Å². The Labute approximate surface area is 121 Å². The van der Waals surface area contributed by atoms with Crippen LogP contribution in [0.4, 0.5) is 13.2 Å². The highest BCUT2D eigenvalue weighted by atomic mass is 28.4. The molecule has 0 N–H and O–H groups in total. The molecule has 1 rings (SSSR count). The van der Waals surface area contributed by atoms with Crippen molar-refractivity contribution in [2.75, 3.05) is 19.8 Å². The highest BCUT2D eigenvalue weighted by Crippen LogP contribution is 2.25. The summed E-state index contributed by atoms with van der Waals surface area (Å²) in [7, 11) is -3.25. The third-order valence-electron chi connectivity index (χ3n) is 3.43. The molecule has 1 heterocycles. The normalized spacial score (nSPS) is 28.9. The molecule has 20 heavy (non-hydrogen) atoms. The van der Waals surface area contributed by atoms with E-state index in [0.29, 0.717) is 6.61 Å². The molecular formula is C12H25F3O3Si2. The molecule has 0 radical (unpaired) electrons. The molecule has 2 atom stereocenters. The number of rotatable bonds is 6. The van der Waals surface area contributed by atoms with Crippen LogP contribution in [0.25, 0.3) is 0 Å². The van der Waals surface area contributed by atoms with Crippen molar-refractivity contribution in [2.45, 2.75) is 57.0 Å². The summed E-state index contributed by atoms with van der Waals surface area (Å²) in [5.41, 5.74) is 0. The van der Waals surface area contributed by atoms with Crippen LogP contribution in [0.3, 0.4) is 0 Å². The van der Waals surface area contributed by atoms with E-state index in [1.165, 1.54) is 0 Å². The van der Waals surface area contributed by atoms with Gasteiger partial charge in [-0.05, 0) is 38.0 Å². The minimum absolute atomic E-state index is 0.239. The molecule has 8 heteroatoms. The van der Waals surface area contributed by atoms with Crippen LogP contribution in [0.15, 0.2) is 0 Å². The van der Waals surface area contributed by atoms with Gasteiger partial charge in [0.05, 0.1) is 13.0 Å². The number of halogens is 3. The van der Waals surface area contributed by atoms with Gasteiger partial charge in [-0.3, -0.25) is 0 Å². The summed E-state index contributed by atoms with van der Waals surface area (Å²) in [6.07, 6.45) is -2.00. The molecule has 1 aliphatic heterocycles. The average molecular weight is 330 g/mol. The molecular weight excluding hydrogens is 305 g/mol. The van der Waals surface area contributed by atoms with Crippen molar-refractivity contribution in [3.8, 4) is 0 Å². The van der Waals surface area contributed by atoms with Crippen molar-refractivity contribution >= 4 is 17.6 Å². The van der Waals surface area contributed by atoms with Gasteiger partial charge in [0.15, 0.2) is 8.32 Å². The smallest absolute Gasteiger partial charge is 0.391 e. The first-order valence-corrected chi connectivity index (χ1v) is 12.2. The molecule has 0 aliphatic carbocycles. The maximum absolute atomic E-state index is 11.9. The maximum Gasteiger partial charge on any atom is 0.391 e. The first-order chi connectivity index (χ1) is 9.31. The van der Waals surface area contributed by atoms with E-state index in [-0.39, 0.29) is 6.61 Å². The van der Waals surface area contributed by atoms with Gasteiger partial charge in [0.2, 0.25) is 0 Å². The topological polar surface area (TPSA) is 27.7 Å². The number of hydrogen-bond donors (Lipinski definition) is 0. The fourth-order valence-corrected chi connectivity index (χ4v) is 9.43. The van der Waals surface area contributed by atoms with Crippen molar-refractivity contribution in [3.05, 3.63) is 0 Å². The van der Waals surface area contributed by atoms with Crippen molar-refractivity contribution < 1.29 is 26.4 Å². The molecule has 2 unspecified atom stereocenters. The van der Waals surface area contributed by atoms with Crippen LogP contribution >= 0.6 is 0 Å². The number of ether oxygens (including phenoxy) is 1. The first kappa shape index (κ1) is 18.2. The van der Waals surface area contributed by atoms with E-state index in [1.807, 2.05) is 0 Å². The van der Waals surface area contributed by atoms with Crippen molar-refractivity contribution in [1.82, 2.24) is 0 Å². The molecule has 0 aromatic carbocycles. The van der Waals surface area contributed by atoms with Gasteiger partial charge < -0.3 is 13.3 Å². The predicted molar refractivity (Wildman–Crippen MR) is 76.6 cm³/mol. The molecule has 0 aromatic heterocycles. The quantitative estimate of drug-likeness (QED) is 0.550. The van der Waals surface area contributed by atoms with Gasteiger partial charge in [0.1, 0.15) is 0 Å². The highest BCUT2D eigenvalue weighted by molar-refractivity contribution is 6.78. The van der Waals surface area contributed by atoms with E-state index in [2.05, 4.69) is 13.1 Å². The molecule has 0 bridgehead atoms. The summed E-state index contributed by atoms with van der Waals surface area (Å²) in [6, 6.07) is 2.07. The maximum atomic E-state index is 11.9. The lowest BCUT2D eigenvalue weighted by Crippen LogP contribution is -2.42. The molecule has 1 saturated heterocycles. The van der Waals surface area contributed by atoms with Crippen molar-refractivity contribution in [3.63, 3.8) is 0 Å². The second kappa shape index (κ2) is 8.52. The van der Waals surface area contributed by atoms with Crippen LogP contribution in [-0.2, 0) is 13.3 Å². The van der Waals surface area contributed by atoms with E-state index in [1.54, 1.807) is 0 Å². The molecule has 120 valence electrons. The largest absolute Gasteiger partial charge is 0.438 e. The number of hydrogen-bond acceptors (Lipinski definition) is 3. The Hall–Kier alpha value is 0.104. The van der Waals surface area contributed by atoms with Gasteiger partial charge in [-0.2, -0.15) is 13.2 Å². The summed E-state index contributed by atoms with van der Waals surface area (Å²) < 4.78 is 52.7. The third kappa shape index (κ3) is 8.40. The van der Waals surface area contributed by atoms with Crippen LogP contribution in [0.1, 0.15) is 25.7 Å². The lowest BCUT2D eigenvalue weighted by molar-refractivity contribution is -0.145. The summed E-state index contributed by atoms with van der Waals surface area (Å²) in [5.74, 6) is 0. The minimum Gasteiger partial charge on any atom is -0.438 e. The number of alkyl halides is 3. The summed E-state index contributed by atoms with van der Waals surface area (Å²) >= 11 is 0. The van der Waals surface area contributed by atoms with Crippen molar-refractivity contribution in [2.24, 2.45) is 0 Å². The van der Waals surface area contributed by atoms with Crippen LogP contribution in [0.5, 0.6) is 0 Å². The van der Waals surface area contributed by atoms with Gasteiger partial charge in [-0.1, -0.05) is 6.42 Å². The van der Waals surface area contributed by atoms with E-state index in [9.17, 15) is 13.2 Å². The summed E-state index contributed by atoms with van der Waals surface area (Å²) in [4.78, 5) is 0. The molecule has 1 aliphatic rings. The van der Waals surface area contributed by atoms with E-state index in [4.69, 9.17) is 13.3 Å². The average Bonchev–Trinajstić information content (AvgIpc) is 2.29. The van der Waals surface area contributed by atoms with Gasteiger partial charge in [0, 0.05) is 13.2 Å². The first-order valence-electron chi connectivity index (χ1n) is 7.25. The predicted octanol–water partition coefficient (Wildman–Crippen LogP) is 3.60. The summed E-state index contributed by atoms with van der Waals surface area (Å²) in [5, 5.41) is 0. The molecule has 0 amide bonds. The van der Waals surface area contributed by atoms with Crippen molar-refractivity contribution in [1.29, 1.82) is 0 Å². The Morgan fingerprint density at radius 2 is 2.00 bits per heavy atom. The SMILES string of the molecule is C[SiH]1OCCCC[Si](C)(CCCOCCC(F)(F)F)O1. The van der Waals surface area contributed by atoms with Crippen LogP contribution in [-0.4, -0.2) is 43.6 Å². The Bertz CT molecular complexity index is 279. The zero-order valence-corrected chi connectivity index (χ0v) is 14.5. The van der Waals surface area contributed by atoms with Crippen LogP contribution in [0.2, 0.25) is 25.2 Å². The monoisotopic (exact) mass is 330 g/mol. The van der Waals surface area contributed by atoms with Gasteiger partial charge in [0.25, 0.3) is 0 Å². The molecule has 0 saturated carbocycles. The Kier molecular flexibility index (Phi) is 7.74.